The number of hydrogen-bond donors (Lipinski definition) is 3. The monoisotopic (exact) mass is 299 g/mol. The maximum absolute atomic E-state index is 12.1. The van der Waals surface area contributed by atoms with Crippen LogP contribution in [0.2, 0.25) is 0 Å². The Bertz CT molecular complexity index is 392. The number of likely N-dealkylation sites (tertiary alicyclic amines) is 1. The van der Waals surface area contributed by atoms with Gasteiger partial charge in [0, 0.05) is 26.1 Å². The highest BCUT2D eigenvalue weighted by molar-refractivity contribution is 5.82. The fraction of sp³-hybridized carbons (Fsp3) is 0.786. The number of carboxylic acids is 1. The maximum Gasteiger partial charge on any atom is 0.326 e. The van der Waals surface area contributed by atoms with Crippen molar-refractivity contribution in [3.05, 3.63) is 0 Å². The van der Waals surface area contributed by atoms with Crippen LogP contribution in [0.4, 0.5) is 4.79 Å². The number of aliphatic carboxylic acids is 1. The number of carbonyl (C=O) groups excluding carboxylic acids is 2. The number of rotatable bonds is 5. The molecule has 1 rings (SSSR count). The molecule has 3 amide bonds. The quantitative estimate of drug-likeness (QED) is 0.699. The minimum absolute atomic E-state index is 0.0689. The summed E-state index contributed by atoms with van der Waals surface area (Å²) < 4.78 is 0. The van der Waals surface area contributed by atoms with Crippen molar-refractivity contribution in [3.63, 3.8) is 0 Å². The SMILES string of the molecule is CCC(C)C(NC(=O)N1CCC(NC(C)=O)CC1)C(=O)O. The molecule has 21 heavy (non-hydrogen) atoms. The lowest BCUT2D eigenvalue weighted by molar-refractivity contribution is -0.140. The summed E-state index contributed by atoms with van der Waals surface area (Å²) in [5.74, 6) is -1.20. The Kier molecular flexibility index (Phi) is 6.45. The van der Waals surface area contributed by atoms with E-state index in [2.05, 4.69) is 10.6 Å². The summed E-state index contributed by atoms with van der Waals surface area (Å²) >= 11 is 0. The molecule has 7 nitrogen and oxygen atoms in total. The number of carbonyl (C=O) groups is 3. The number of nitrogens with one attached hydrogen (secondary N) is 2. The van der Waals surface area contributed by atoms with Crippen LogP contribution >= 0.6 is 0 Å². The largest absolute Gasteiger partial charge is 0.480 e. The predicted octanol–water partition coefficient (Wildman–Crippen LogP) is 0.796. The number of urea groups is 1. The van der Waals surface area contributed by atoms with Gasteiger partial charge in [-0.05, 0) is 18.8 Å². The first-order chi connectivity index (χ1) is 9.85. The Hall–Kier alpha value is -1.79. The van der Waals surface area contributed by atoms with Gasteiger partial charge >= 0.3 is 12.0 Å². The summed E-state index contributed by atoms with van der Waals surface area (Å²) in [7, 11) is 0. The van der Waals surface area contributed by atoms with Crippen molar-refractivity contribution in [2.24, 2.45) is 5.92 Å². The van der Waals surface area contributed by atoms with Crippen LogP contribution in [0, 0.1) is 5.92 Å². The first kappa shape index (κ1) is 17.3. The molecule has 120 valence electrons. The maximum atomic E-state index is 12.1. The molecule has 0 saturated carbocycles. The highest BCUT2D eigenvalue weighted by Crippen LogP contribution is 2.12. The van der Waals surface area contributed by atoms with Crippen LogP contribution in [0.15, 0.2) is 0 Å². The third kappa shape index (κ3) is 5.24. The zero-order valence-corrected chi connectivity index (χ0v) is 12.9. The number of piperidine rings is 1. The molecule has 3 N–H and O–H groups in total. The molecule has 2 unspecified atom stereocenters. The summed E-state index contributed by atoms with van der Waals surface area (Å²) in [4.78, 5) is 35.9. The molecule has 1 aliphatic heterocycles. The molecular formula is C14H25N3O4. The Morgan fingerprint density at radius 2 is 1.86 bits per heavy atom. The van der Waals surface area contributed by atoms with Gasteiger partial charge in [-0.3, -0.25) is 4.79 Å². The van der Waals surface area contributed by atoms with Gasteiger partial charge in [0.1, 0.15) is 6.04 Å². The highest BCUT2D eigenvalue weighted by atomic mass is 16.4. The van der Waals surface area contributed by atoms with E-state index in [4.69, 9.17) is 0 Å². The van der Waals surface area contributed by atoms with Gasteiger partial charge in [0.05, 0.1) is 0 Å². The molecule has 0 aromatic heterocycles. The van der Waals surface area contributed by atoms with E-state index in [0.717, 1.165) is 0 Å². The smallest absolute Gasteiger partial charge is 0.326 e. The second-order valence-electron chi connectivity index (χ2n) is 5.61. The lowest BCUT2D eigenvalue weighted by Crippen LogP contribution is -2.54. The zero-order valence-electron chi connectivity index (χ0n) is 12.9. The molecule has 0 aromatic rings. The second-order valence-corrected chi connectivity index (χ2v) is 5.61. The molecule has 1 saturated heterocycles. The van der Waals surface area contributed by atoms with Crippen molar-refractivity contribution in [3.8, 4) is 0 Å². The Labute approximate surface area is 125 Å². The van der Waals surface area contributed by atoms with E-state index in [1.165, 1.54) is 6.92 Å². The minimum atomic E-state index is -1.01. The van der Waals surface area contributed by atoms with Crippen LogP contribution in [-0.4, -0.2) is 53.1 Å². The van der Waals surface area contributed by atoms with E-state index < -0.39 is 12.0 Å². The summed E-state index contributed by atoms with van der Waals surface area (Å²) in [6.07, 6.45) is 2.06. The molecule has 1 aliphatic rings. The van der Waals surface area contributed by atoms with E-state index in [1.807, 2.05) is 13.8 Å². The van der Waals surface area contributed by atoms with Crippen LogP contribution in [0.5, 0.6) is 0 Å². The van der Waals surface area contributed by atoms with E-state index in [9.17, 15) is 19.5 Å². The first-order valence-corrected chi connectivity index (χ1v) is 7.40. The van der Waals surface area contributed by atoms with E-state index >= 15 is 0 Å². The molecule has 0 bridgehead atoms. The van der Waals surface area contributed by atoms with Gasteiger partial charge in [0.25, 0.3) is 0 Å². The summed E-state index contributed by atoms with van der Waals surface area (Å²) in [5, 5.41) is 14.6. The highest BCUT2D eigenvalue weighted by Gasteiger charge is 2.29. The van der Waals surface area contributed by atoms with Gasteiger partial charge in [-0.15, -0.1) is 0 Å². The summed E-state index contributed by atoms with van der Waals surface area (Å²) in [6.45, 7) is 6.21. The second kappa shape index (κ2) is 7.85. The minimum Gasteiger partial charge on any atom is -0.480 e. The van der Waals surface area contributed by atoms with E-state index in [0.29, 0.717) is 32.4 Å². The Morgan fingerprint density at radius 1 is 1.29 bits per heavy atom. The van der Waals surface area contributed by atoms with Crippen molar-refractivity contribution in [2.45, 2.75) is 52.1 Å². The number of nitrogens with zero attached hydrogens (tertiary/aromatic N) is 1. The Balaban J connectivity index is 2.49. The van der Waals surface area contributed by atoms with Crippen molar-refractivity contribution < 1.29 is 19.5 Å². The van der Waals surface area contributed by atoms with Crippen molar-refractivity contribution in [2.75, 3.05) is 13.1 Å². The normalized spacial score (nSPS) is 18.7. The molecule has 0 aliphatic carbocycles. The lowest BCUT2D eigenvalue weighted by atomic mass is 9.99. The van der Waals surface area contributed by atoms with Crippen LogP contribution < -0.4 is 10.6 Å². The average Bonchev–Trinajstić information content (AvgIpc) is 2.43. The predicted molar refractivity (Wildman–Crippen MR) is 77.8 cm³/mol. The molecule has 1 heterocycles. The van der Waals surface area contributed by atoms with Crippen LogP contribution in [-0.2, 0) is 9.59 Å². The summed E-state index contributed by atoms with van der Waals surface area (Å²) in [5.41, 5.74) is 0. The lowest BCUT2D eigenvalue weighted by Gasteiger charge is -2.33. The van der Waals surface area contributed by atoms with Crippen molar-refractivity contribution >= 4 is 17.9 Å². The van der Waals surface area contributed by atoms with E-state index in [-0.39, 0.29) is 23.9 Å². The number of amides is 3. The van der Waals surface area contributed by atoms with Crippen LogP contribution in [0.25, 0.3) is 0 Å². The summed E-state index contributed by atoms with van der Waals surface area (Å²) in [6, 6.07) is -1.11. The Morgan fingerprint density at radius 3 is 2.29 bits per heavy atom. The molecule has 2 atom stereocenters. The van der Waals surface area contributed by atoms with Crippen LogP contribution in [0.3, 0.4) is 0 Å². The van der Waals surface area contributed by atoms with Gasteiger partial charge in [0.2, 0.25) is 5.91 Å². The van der Waals surface area contributed by atoms with E-state index in [1.54, 1.807) is 4.90 Å². The average molecular weight is 299 g/mol. The van der Waals surface area contributed by atoms with Gasteiger partial charge in [-0.25, -0.2) is 9.59 Å². The third-order valence-corrected chi connectivity index (χ3v) is 3.95. The number of hydrogen-bond acceptors (Lipinski definition) is 3. The van der Waals surface area contributed by atoms with Crippen LogP contribution in [0.1, 0.15) is 40.0 Å². The van der Waals surface area contributed by atoms with Crippen molar-refractivity contribution in [1.82, 2.24) is 15.5 Å². The van der Waals surface area contributed by atoms with Gasteiger partial charge in [-0.1, -0.05) is 20.3 Å². The third-order valence-electron chi connectivity index (χ3n) is 3.95. The van der Waals surface area contributed by atoms with Gasteiger partial charge in [-0.2, -0.15) is 0 Å². The number of carboxylic acid groups (broad SMARTS) is 1. The molecule has 0 spiro atoms. The fourth-order valence-electron chi connectivity index (χ4n) is 2.42. The molecule has 7 heteroatoms. The van der Waals surface area contributed by atoms with Crippen molar-refractivity contribution in [1.29, 1.82) is 0 Å². The zero-order chi connectivity index (χ0) is 16.0. The topological polar surface area (TPSA) is 98.7 Å². The molecular weight excluding hydrogens is 274 g/mol. The standard InChI is InChI=1S/C14H25N3O4/c1-4-9(2)12(13(19)20)16-14(21)17-7-5-11(6-8-17)15-10(3)18/h9,11-12H,4-8H2,1-3H3,(H,15,18)(H,16,21)(H,19,20). The molecule has 0 aromatic carbocycles. The van der Waals surface area contributed by atoms with Gasteiger partial charge < -0.3 is 20.6 Å². The van der Waals surface area contributed by atoms with Gasteiger partial charge in [0.15, 0.2) is 0 Å². The fourth-order valence-corrected chi connectivity index (χ4v) is 2.42. The molecule has 0 radical (unpaired) electrons. The molecule has 1 fully saturated rings. The first-order valence-electron chi connectivity index (χ1n) is 7.40.